The number of hydrogen-bond acceptors (Lipinski definition) is 5. The normalized spacial score (nSPS) is 16.7. The molecule has 1 amide bonds. The zero-order valence-corrected chi connectivity index (χ0v) is 13.9. The Balaban J connectivity index is 1.55. The quantitative estimate of drug-likeness (QED) is 0.816. The molecule has 1 aromatic carbocycles. The van der Waals surface area contributed by atoms with E-state index >= 15 is 0 Å². The molecule has 0 saturated carbocycles. The second-order valence-electron chi connectivity index (χ2n) is 6.04. The Labute approximate surface area is 141 Å². The summed E-state index contributed by atoms with van der Waals surface area (Å²) >= 11 is 0. The number of piperidine rings is 1. The van der Waals surface area contributed by atoms with Crippen molar-refractivity contribution in [1.82, 2.24) is 25.4 Å². The van der Waals surface area contributed by atoms with E-state index in [0.717, 1.165) is 24.2 Å². The Bertz CT molecular complexity index is 648. The van der Waals surface area contributed by atoms with E-state index in [1.165, 1.54) is 6.33 Å². The van der Waals surface area contributed by atoms with Crippen molar-refractivity contribution >= 4 is 5.91 Å². The number of methoxy groups -OCH3 is 1. The third-order valence-electron chi connectivity index (χ3n) is 4.50. The molecule has 2 N–H and O–H groups in total. The van der Waals surface area contributed by atoms with Crippen molar-refractivity contribution in [1.29, 1.82) is 0 Å². The minimum absolute atomic E-state index is 0.0295. The van der Waals surface area contributed by atoms with Gasteiger partial charge in [0.05, 0.1) is 6.54 Å². The van der Waals surface area contributed by atoms with Gasteiger partial charge in [0.25, 0.3) is 5.91 Å². The molecule has 128 valence electrons. The second-order valence-corrected chi connectivity index (χ2v) is 6.04. The van der Waals surface area contributed by atoms with Crippen molar-refractivity contribution in [2.75, 3.05) is 20.2 Å². The molecule has 0 radical (unpaired) electrons. The summed E-state index contributed by atoms with van der Waals surface area (Å²) in [5, 5.41) is 10.4. The number of hydrogen-bond donors (Lipinski definition) is 2. The molecule has 2 aromatic rings. The molecule has 1 aromatic heterocycles. The molecule has 0 unspecified atom stereocenters. The highest BCUT2D eigenvalue weighted by molar-refractivity contribution is 5.85. The lowest BCUT2D eigenvalue weighted by atomic mass is 9.91. The monoisotopic (exact) mass is 329 g/mol. The first-order chi connectivity index (χ1) is 11.7. The van der Waals surface area contributed by atoms with Crippen LogP contribution in [-0.4, -0.2) is 46.5 Å². The van der Waals surface area contributed by atoms with Gasteiger partial charge < -0.3 is 15.4 Å². The molecular formula is C17H23N5O2. The summed E-state index contributed by atoms with van der Waals surface area (Å²) in [6.07, 6.45) is 4.62. The van der Waals surface area contributed by atoms with Crippen molar-refractivity contribution in [3.63, 3.8) is 0 Å². The van der Waals surface area contributed by atoms with Gasteiger partial charge in [-0.25, -0.2) is 9.67 Å². The maximum absolute atomic E-state index is 12.5. The van der Waals surface area contributed by atoms with E-state index in [1.807, 2.05) is 24.3 Å². The number of nitrogens with zero attached hydrogens (tertiary/aromatic N) is 3. The molecular weight excluding hydrogens is 306 g/mol. The minimum atomic E-state index is -0.696. The summed E-state index contributed by atoms with van der Waals surface area (Å²) in [5.41, 5.74) is 1.51. The van der Waals surface area contributed by atoms with Crippen LogP contribution in [-0.2, 0) is 22.6 Å². The Morgan fingerprint density at radius 2 is 2.00 bits per heavy atom. The first-order valence-corrected chi connectivity index (χ1v) is 8.16. The highest BCUT2D eigenvalue weighted by Crippen LogP contribution is 2.22. The van der Waals surface area contributed by atoms with E-state index in [9.17, 15) is 4.79 Å². The molecule has 1 saturated heterocycles. The zero-order chi connectivity index (χ0) is 16.8. The summed E-state index contributed by atoms with van der Waals surface area (Å²) in [4.78, 5) is 16.5. The maximum Gasteiger partial charge on any atom is 0.252 e. The first kappa shape index (κ1) is 16.6. The molecule has 0 spiro atoms. The van der Waals surface area contributed by atoms with E-state index in [1.54, 1.807) is 18.1 Å². The summed E-state index contributed by atoms with van der Waals surface area (Å²) < 4.78 is 7.31. The fourth-order valence-corrected chi connectivity index (χ4v) is 2.96. The second kappa shape index (κ2) is 7.55. The van der Waals surface area contributed by atoms with Gasteiger partial charge in [0, 0.05) is 13.7 Å². The topological polar surface area (TPSA) is 81.1 Å². The average molecular weight is 329 g/mol. The Hall–Kier alpha value is -2.25. The number of amides is 1. The van der Waals surface area contributed by atoms with Crippen LogP contribution < -0.4 is 10.6 Å². The molecule has 1 aliphatic heterocycles. The maximum atomic E-state index is 12.5. The Morgan fingerprint density at radius 3 is 2.62 bits per heavy atom. The number of rotatable bonds is 6. The van der Waals surface area contributed by atoms with E-state index < -0.39 is 5.60 Å². The van der Waals surface area contributed by atoms with Crippen LogP contribution in [0.3, 0.4) is 0 Å². The first-order valence-electron chi connectivity index (χ1n) is 8.16. The number of aromatic nitrogens is 3. The van der Waals surface area contributed by atoms with Gasteiger partial charge in [0.2, 0.25) is 0 Å². The molecule has 0 aliphatic carbocycles. The van der Waals surface area contributed by atoms with Gasteiger partial charge in [-0.3, -0.25) is 4.79 Å². The predicted molar refractivity (Wildman–Crippen MR) is 89.3 cm³/mol. The molecule has 0 bridgehead atoms. The largest absolute Gasteiger partial charge is 0.368 e. The van der Waals surface area contributed by atoms with Crippen LogP contribution in [0.4, 0.5) is 0 Å². The van der Waals surface area contributed by atoms with Gasteiger partial charge in [0.15, 0.2) is 0 Å². The van der Waals surface area contributed by atoms with E-state index in [4.69, 9.17) is 4.74 Å². The lowest BCUT2D eigenvalue weighted by molar-refractivity contribution is -0.146. The number of carbonyl (C=O) groups excluding carboxylic acids is 1. The molecule has 7 nitrogen and oxygen atoms in total. The number of benzene rings is 1. The van der Waals surface area contributed by atoms with Gasteiger partial charge in [-0.1, -0.05) is 24.3 Å². The molecule has 3 rings (SSSR count). The summed E-state index contributed by atoms with van der Waals surface area (Å²) in [7, 11) is 1.61. The van der Waals surface area contributed by atoms with Crippen molar-refractivity contribution in [2.45, 2.75) is 31.5 Å². The highest BCUT2D eigenvalue weighted by atomic mass is 16.5. The molecule has 1 fully saturated rings. The minimum Gasteiger partial charge on any atom is -0.368 e. The lowest BCUT2D eigenvalue weighted by Crippen LogP contribution is -2.53. The zero-order valence-electron chi connectivity index (χ0n) is 13.9. The van der Waals surface area contributed by atoms with Crippen molar-refractivity contribution in [3.8, 4) is 0 Å². The van der Waals surface area contributed by atoms with E-state index in [0.29, 0.717) is 25.9 Å². The van der Waals surface area contributed by atoms with Crippen molar-refractivity contribution in [2.24, 2.45) is 0 Å². The average Bonchev–Trinajstić information content (AvgIpc) is 3.14. The summed E-state index contributed by atoms with van der Waals surface area (Å²) in [5.74, 6) is -0.0295. The third kappa shape index (κ3) is 3.80. The number of carbonyl (C=O) groups is 1. The van der Waals surface area contributed by atoms with Crippen LogP contribution in [0, 0.1) is 0 Å². The Morgan fingerprint density at radius 1 is 1.29 bits per heavy atom. The molecule has 24 heavy (non-hydrogen) atoms. The van der Waals surface area contributed by atoms with Crippen LogP contribution >= 0.6 is 0 Å². The van der Waals surface area contributed by atoms with Gasteiger partial charge in [-0.05, 0) is 37.1 Å². The van der Waals surface area contributed by atoms with Crippen LogP contribution in [0.2, 0.25) is 0 Å². The molecule has 0 atom stereocenters. The van der Waals surface area contributed by atoms with Crippen LogP contribution in [0.1, 0.15) is 24.0 Å². The summed E-state index contributed by atoms with van der Waals surface area (Å²) in [6.45, 7) is 2.80. The number of ether oxygens (including phenoxy) is 1. The van der Waals surface area contributed by atoms with E-state index in [-0.39, 0.29) is 5.91 Å². The Kier molecular flexibility index (Phi) is 5.22. The van der Waals surface area contributed by atoms with Crippen LogP contribution in [0.15, 0.2) is 36.9 Å². The third-order valence-corrected chi connectivity index (χ3v) is 4.50. The van der Waals surface area contributed by atoms with E-state index in [2.05, 4.69) is 20.7 Å². The summed E-state index contributed by atoms with van der Waals surface area (Å²) in [6, 6.07) is 8.13. The van der Waals surface area contributed by atoms with Gasteiger partial charge in [0.1, 0.15) is 18.3 Å². The highest BCUT2D eigenvalue weighted by Gasteiger charge is 2.39. The predicted octanol–water partition coefficient (Wildman–Crippen LogP) is 0.711. The van der Waals surface area contributed by atoms with Crippen molar-refractivity contribution < 1.29 is 9.53 Å². The smallest absolute Gasteiger partial charge is 0.252 e. The molecule has 1 aliphatic rings. The van der Waals surface area contributed by atoms with Gasteiger partial charge >= 0.3 is 0 Å². The molecule has 2 heterocycles. The lowest BCUT2D eigenvalue weighted by Gasteiger charge is -2.34. The SMILES string of the molecule is COC1(C(=O)NCc2ccc(Cn3cncn3)cc2)CCNCC1. The number of nitrogens with one attached hydrogen (secondary N) is 2. The fraction of sp³-hybridized carbons (Fsp3) is 0.471. The van der Waals surface area contributed by atoms with Gasteiger partial charge in [-0.2, -0.15) is 5.10 Å². The molecule has 7 heteroatoms. The van der Waals surface area contributed by atoms with Gasteiger partial charge in [-0.15, -0.1) is 0 Å². The van der Waals surface area contributed by atoms with Crippen molar-refractivity contribution in [3.05, 3.63) is 48.0 Å². The van der Waals surface area contributed by atoms with Crippen LogP contribution in [0.5, 0.6) is 0 Å². The van der Waals surface area contributed by atoms with Crippen LogP contribution in [0.25, 0.3) is 0 Å². The fourth-order valence-electron chi connectivity index (χ4n) is 2.96. The standard InChI is InChI=1S/C17H23N5O2/c1-24-17(6-8-18-9-7-17)16(23)20-10-14-2-4-15(5-3-14)11-22-13-19-12-21-22/h2-5,12-13,18H,6-11H2,1H3,(H,20,23).